The molecule has 0 bridgehead atoms. The fourth-order valence-corrected chi connectivity index (χ4v) is 2.26. The molecule has 118 valence electrons. The lowest BCUT2D eigenvalue weighted by molar-refractivity contribution is -0.120. The molecular weight excluding hydrogens is 276 g/mol. The summed E-state index contributed by atoms with van der Waals surface area (Å²) >= 11 is 0. The average molecular weight is 300 g/mol. The summed E-state index contributed by atoms with van der Waals surface area (Å²) in [6.45, 7) is 6.72. The number of anilines is 1. The Morgan fingerprint density at radius 2 is 1.91 bits per heavy atom. The number of benzene rings is 1. The zero-order valence-electron chi connectivity index (χ0n) is 13.7. The van der Waals surface area contributed by atoms with Gasteiger partial charge in [-0.05, 0) is 33.4 Å². The molecule has 2 rings (SSSR count). The molecule has 22 heavy (non-hydrogen) atoms. The van der Waals surface area contributed by atoms with Gasteiger partial charge >= 0.3 is 0 Å². The number of carbonyl (C=O) groups is 1. The highest BCUT2D eigenvalue weighted by Gasteiger charge is 2.19. The Hall–Kier alpha value is -2.14. The molecule has 1 atom stereocenters. The number of carbonyl (C=O) groups excluding carboxylic acids is 1. The molecule has 1 heterocycles. The van der Waals surface area contributed by atoms with Crippen LogP contribution in [0.25, 0.3) is 0 Å². The molecule has 5 nitrogen and oxygen atoms in total. The summed E-state index contributed by atoms with van der Waals surface area (Å²) in [5.41, 5.74) is 1.19. The summed E-state index contributed by atoms with van der Waals surface area (Å²) in [7, 11) is 1.96. The molecule has 2 aromatic rings. The summed E-state index contributed by atoms with van der Waals surface area (Å²) in [6.07, 6.45) is 1.70. The maximum absolute atomic E-state index is 12.4. The van der Waals surface area contributed by atoms with Crippen LogP contribution in [0.1, 0.15) is 32.4 Å². The monoisotopic (exact) mass is 300 g/mol. The number of nitrogens with one attached hydrogen (secondary N) is 1. The molecule has 0 aliphatic carbocycles. The molecule has 1 N–H and O–H groups in total. The van der Waals surface area contributed by atoms with Crippen LogP contribution < -0.4 is 5.32 Å². The largest absolute Gasteiger partial charge is 0.310 e. The number of aromatic nitrogens is 2. The van der Waals surface area contributed by atoms with E-state index in [2.05, 4.69) is 22.5 Å². The van der Waals surface area contributed by atoms with Gasteiger partial charge in [0.2, 0.25) is 5.91 Å². The first-order valence-electron chi connectivity index (χ1n) is 7.57. The van der Waals surface area contributed by atoms with Crippen molar-refractivity contribution in [3.8, 4) is 0 Å². The molecule has 1 aromatic carbocycles. The first kappa shape index (κ1) is 16.2. The van der Waals surface area contributed by atoms with Crippen LogP contribution in [0.4, 0.5) is 5.82 Å². The van der Waals surface area contributed by atoms with Crippen LogP contribution in [0, 0.1) is 0 Å². The third-order valence-electron chi connectivity index (χ3n) is 3.73. The number of hydrogen-bond donors (Lipinski definition) is 1. The maximum Gasteiger partial charge on any atom is 0.242 e. The Labute approximate surface area is 131 Å². The van der Waals surface area contributed by atoms with Crippen molar-refractivity contribution in [1.29, 1.82) is 0 Å². The predicted molar refractivity (Wildman–Crippen MR) is 88.6 cm³/mol. The molecule has 0 aliphatic heterocycles. The first-order valence-corrected chi connectivity index (χ1v) is 7.57. The van der Waals surface area contributed by atoms with Gasteiger partial charge in [0, 0.05) is 18.7 Å². The first-order chi connectivity index (χ1) is 10.5. The lowest BCUT2D eigenvalue weighted by atomic mass is 10.2. The standard InChI is InChI=1S/C17H24N4O/c1-13(2)21-16(10-11-18-21)19-17(22)14(3)20(4)12-15-8-6-5-7-9-15/h5-11,13-14H,12H2,1-4H3,(H,19,22). The molecule has 0 saturated heterocycles. The zero-order chi connectivity index (χ0) is 16.1. The fourth-order valence-electron chi connectivity index (χ4n) is 2.26. The molecule has 0 spiro atoms. The van der Waals surface area contributed by atoms with Crippen LogP contribution in [0.2, 0.25) is 0 Å². The highest BCUT2D eigenvalue weighted by molar-refractivity contribution is 5.93. The highest BCUT2D eigenvalue weighted by Crippen LogP contribution is 2.14. The van der Waals surface area contributed by atoms with E-state index in [0.29, 0.717) is 0 Å². The molecule has 1 amide bonds. The van der Waals surface area contributed by atoms with Gasteiger partial charge in [0.05, 0.1) is 12.2 Å². The molecule has 1 unspecified atom stereocenters. The van der Waals surface area contributed by atoms with E-state index in [1.807, 2.05) is 61.7 Å². The Kier molecular flexibility index (Phi) is 5.33. The maximum atomic E-state index is 12.4. The number of hydrogen-bond acceptors (Lipinski definition) is 3. The van der Waals surface area contributed by atoms with E-state index in [4.69, 9.17) is 0 Å². The second-order valence-corrected chi connectivity index (χ2v) is 5.82. The van der Waals surface area contributed by atoms with Crippen LogP contribution in [0.15, 0.2) is 42.6 Å². The Morgan fingerprint density at radius 3 is 2.55 bits per heavy atom. The van der Waals surface area contributed by atoms with Gasteiger partial charge in [-0.3, -0.25) is 9.69 Å². The number of rotatable bonds is 6. The van der Waals surface area contributed by atoms with E-state index in [-0.39, 0.29) is 18.0 Å². The van der Waals surface area contributed by atoms with Crippen molar-refractivity contribution in [3.05, 3.63) is 48.2 Å². The summed E-state index contributed by atoms with van der Waals surface area (Å²) in [6, 6.07) is 11.9. The van der Waals surface area contributed by atoms with Crippen molar-refractivity contribution >= 4 is 11.7 Å². The number of likely N-dealkylation sites (N-methyl/N-ethyl adjacent to an activating group) is 1. The van der Waals surface area contributed by atoms with Crippen LogP contribution >= 0.6 is 0 Å². The second kappa shape index (κ2) is 7.22. The van der Waals surface area contributed by atoms with E-state index in [0.717, 1.165) is 12.4 Å². The third-order valence-corrected chi connectivity index (χ3v) is 3.73. The summed E-state index contributed by atoms with van der Waals surface area (Å²) in [4.78, 5) is 14.5. The lowest BCUT2D eigenvalue weighted by Crippen LogP contribution is -2.39. The van der Waals surface area contributed by atoms with E-state index < -0.39 is 0 Å². The molecule has 0 radical (unpaired) electrons. The summed E-state index contributed by atoms with van der Waals surface area (Å²) in [5.74, 6) is 0.709. The minimum Gasteiger partial charge on any atom is -0.310 e. The van der Waals surface area contributed by atoms with Crippen molar-refractivity contribution in [2.24, 2.45) is 0 Å². The minimum atomic E-state index is -0.226. The van der Waals surface area contributed by atoms with Gasteiger partial charge in [0.1, 0.15) is 5.82 Å². The van der Waals surface area contributed by atoms with Crippen molar-refractivity contribution in [2.45, 2.75) is 39.4 Å². The highest BCUT2D eigenvalue weighted by atomic mass is 16.2. The normalized spacial score (nSPS) is 12.6. The predicted octanol–water partition coefficient (Wildman–Crippen LogP) is 2.92. The average Bonchev–Trinajstić information content (AvgIpc) is 2.95. The quantitative estimate of drug-likeness (QED) is 0.892. The van der Waals surface area contributed by atoms with Gasteiger partial charge in [0.25, 0.3) is 0 Å². The number of nitrogens with zero attached hydrogens (tertiary/aromatic N) is 3. The van der Waals surface area contributed by atoms with Crippen molar-refractivity contribution in [3.63, 3.8) is 0 Å². The molecule has 5 heteroatoms. The SMILES string of the molecule is CC(C(=O)Nc1ccnn1C(C)C)N(C)Cc1ccccc1. The smallest absolute Gasteiger partial charge is 0.242 e. The van der Waals surface area contributed by atoms with E-state index in [1.165, 1.54) is 5.56 Å². The van der Waals surface area contributed by atoms with Gasteiger partial charge in [-0.2, -0.15) is 5.10 Å². The Balaban J connectivity index is 1.98. The summed E-state index contributed by atoms with van der Waals surface area (Å²) < 4.78 is 1.81. The number of amides is 1. The summed E-state index contributed by atoms with van der Waals surface area (Å²) in [5, 5.41) is 7.19. The minimum absolute atomic E-state index is 0.0270. The molecule has 1 aromatic heterocycles. The van der Waals surface area contributed by atoms with Crippen LogP contribution in [0.5, 0.6) is 0 Å². The van der Waals surface area contributed by atoms with Crippen LogP contribution in [0.3, 0.4) is 0 Å². The van der Waals surface area contributed by atoms with Crippen molar-refractivity contribution < 1.29 is 4.79 Å². The molecule has 0 aliphatic rings. The molecule has 0 saturated carbocycles. The Morgan fingerprint density at radius 1 is 1.23 bits per heavy atom. The van der Waals surface area contributed by atoms with Crippen molar-refractivity contribution in [1.82, 2.24) is 14.7 Å². The zero-order valence-corrected chi connectivity index (χ0v) is 13.7. The third kappa shape index (κ3) is 3.95. The van der Waals surface area contributed by atoms with E-state index in [1.54, 1.807) is 6.20 Å². The van der Waals surface area contributed by atoms with Gasteiger partial charge in [-0.1, -0.05) is 30.3 Å². The molecular formula is C17H24N4O. The Bertz CT molecular complexity index is 606. The lowest BCUT2D eigenvalue weighted by Gasteiger charge is -2.24. The topological polar surface area (TPSA) is 50.2 Å². The fraction of sp³-hybridized carbons (Fsp3) is 0.412. The van der Waals surface area contributed by atoms with Crippen LogP contribution in [-0.4, -0.2) is 33.7 Å². The van der Waals surface area contributed by atoms with Crippen LogP contribution in [-0.2, 0) is 11.3 Å². The van der Waals surface area contributed by atoms with Crippen molar-refractivity contribution in [2.75, 3.05) is 12.4 Å². The van der Waals surface area contributed by atoms with Gasteiger partial charge in [0.15, 0.2) is 0 Å². The molecule has 0 fully saturated rings. The van der Waals surface area contributed by atoms with Gasteiger partial charge in [-0.25, -0.2) is 4.68 Å². The van der Waals surface area contributed by atoms with E-state index >= 15 is 0 Å². The van der Waals surface area contributed by atoms with Gasteiger partial charge in [-0.15, -0.1) is 0 Å². The van der Waals surface area contributed by atoms with Gasteiger partial charge < -0.3 is 5.32 Å². The second-order valence-electron chi connectivity index (χ2n) is 5.82. The van der Waals surface area contributed by atoms with E-state index in [9.17, 15) is 4.79 Å².